The Kier molecular flexibility index (Phi) is 6.53. The van der Waals surface area contributed by atoms with E-state index in [-0.39, 0.29) is 11.0 Å². The van der Waals surface area contributed by atoms with Crippen LogP contribution in [-0.2, 0) is 17.0 Å². The first kappa shape index (κ1) is 21.3. The van der Waals surface area contributed by atoms with Crippen LogP contribution in [0.4, 0.5) is 4.39 Å². The van der Waals surface area contributed by atoms with Crippen molar-refractivity contribution in [2.75, 3.05) is 6.61 Å². The monoisotopic (exact) mass is 455 g/mol. The molecule has 0 fully saturated rings. The van der Waals surface area contributed by atoms with Crippen LogP contribution in [0, 0.1) is 5.82 Å². The summed E-state index contributed by atoms with van der Waals surface area (Å²) in [7, 11) is 0. The van der Waals surface area contributed by atoms with Crippen molar-refractivity contribution >= 4 is 40.4 Å². The van der Waals surface area contributed by atoms with Gasteiger partial charge in [0.05, 0.1) is 40.5 Å². The van der Waals surface area contributed by atoms with Crippen molar-refractivity contribution in [3.8, 4) is 0 Å². The van der Waals surface area contributed by atoms with E-state index in [4.69, 9.17) is 21.3 Å². The van der Waals surface area contributed by atoms with Crippen LogP contribution in [0.5, 0.6) is 0 Å². The van der Waals surface area contributed by atoms with E-state index in [1.165, 1.54) is 17.8 Å². The molecular weight excluding hydrogens is 437 g/mol. The summed E-state index contributed by atoms with van der Waals surface area (Å²) >= 11 is 7.43. The zero-order valence-electron chi connectivity index (χ0n) is 16.7. The number of hydrogen-bond donors (Lipinski definition) is 0. The summed E-state index contributed by atoms with van der Waals surface area (Å²) in [6, 6.07) is 15.8. The Hall–Kier alpha value is -2.90. The fourth-order valence-corrected chi connectivity index (χ4v) is 4.30. The van der Waals surface area contributed by atoms with Gasteiger partial charge in [0.1, 0.15) is 5.82 Å². The molecule has 0 saturated carbocycles. The van der Waals surface area contributed by atoms with Gasteiger partial charge in [-0.3, -0.25) is 4.98 Å². The maximum absolute atomic E-state index is 13.5. The van der Waals surface area contributed by atoms with E-state index in [9.17, 15) is 9.18 Å². The first-order valence-corrected chi connectivity index (χ1v) is 11.1. The van der Waals surface area contributed by atoms with Crippen molar-refractivity contribution in [3.05, 3.63) is 88.5 Å². The van der Waals surface area contributed by atoms with E-state index in [0.717, 1.165) is 21.9 Å². The van der Waals surface area contributed by atoms with Gasteiger partial charge in [0.25, 0.3) is 0 Å². The quantitative estimate of drug-likeness (QED) is 0.262. The molecule has 158 valence electrons. The molecule has 0 saturated heterocycles. The number of pyridine rings is 1. The zero-order valence-corrected chi connectivity index (χ0v) is 18.3. The van der Waals surface area contributed by atoms with Gasteiger partial charge in [0.15, 0.2) is 5.16 Å². The fraction of sp³-hybridized carbons (Fsp3) is 0.174. The molecule has 8 heteroatoms. The highest BCUT2D eigenvalue weighted by molar-refractivity contribution is 7.98. The predicted octanol–water partition coefficient (Wildman–Crippen LogP) is 5.74. The minimum Gasteiger partial charge on any atom is -0.462 e. The number of carbonyl (C=O) groups is 1. The predicted molar refractivity (Wildman–Crippen MR) is 120 cm³/mol. The number of esters is 1. The van der Waals surface area contributed by atoms with Crippen molar-refractivity contribution in [1.82, 2.24) is 14.5 Å². The Morgan fingerprint density at radius 2 is 2.06 bits per heavy atom. The maximum Gasteiger partial charge on any atom is 0.338 e. The summed E-state index contributed by atoms with van der Waals surface area (Å²) in [4.78, 5) is 21.3. The lowest BCUT2D eigenvalue weighted by atomic mass is 10.2. The highest BCUT2D eigenvalue weighted by Gasteiger charge is 2.16. The van der Waals surface area contributed by atoms with Crippen molar-refractivity contribution in [2.45, 2.75) is 24.4 Å². The van der Waals surface area contributed by atoms with E-state index in [1.54, 1.807) is 37.4 Å². The number of hydrogen-bond acceptors (Lipinski definition) is 5. The molecule has 5 nitrogen and oxygen atoms in total. The molecule has 0 N–H and O–H groups in total. The minimum atomic E-state index is -0.440. The van der Waals surface area contributed by atoms with Gasteiger partial charge in [-0.05, 0) is 55.0 Å². The molecular formula is C23H19ClFN3O2S. The molecule has 4 aromatic rings. The van der Waals surface area contributed by atoms with Crippen molar-refractivity contribution < 1.29 is 13.9 Å². The van der Waals surface area contributed by atoms with Crippen LogP contribution in [-0.4, -0.2) is 27.1 Å². The third-order valence-electron chi connectivity index (χ3n) is 4.62. The topological polar surface area (TPSA) is 57.0 Å². The van der Waals surface area contributed by atoms with Crippen LogP contribution in [0.2, 0.25) is 5.02 Å². The third-order valence-corrected chi connectivity index (χ3v) is 5.96. The second kappa shape index (κ2) is 9.49. The summed E-state index contributed by atoms with van der Waals surface area (Å²) in [5.74, 6) is -0.251. The number of aromatic nitrogens is 3. The van der Waals surface area contributed by atoms with E-state index >= 15 is 0 Å². The van der Waals surface area contributed by atoms with Gasteiger partial charge in [0, 0.05) is 11.9 Å². The summed E-state index contributed by atoms with van der Waals surface area (Å²) in [5, 5.41) is 0.862. The van der Waals surface area contributed by atoms with Gasteiger partial charge in [-0.25, -0.2) is 14.2 Å². The SMILES string of the molecule is CCOC(=O)c1ccc2c(c1)nc(SCc1ccc(F)c(Cl)c1)n2Cc1ccccn1. The van der Waals surface area contributed by atoms with Crippen molar-refractivity contribution in [3.63, 3.8) is 0 Å². The van der Waals surface area contributed by atoms with Gasteiger partial charge >= 0.3 is 5.97 Å². The Bertz CT molecular complexity index is 1230. The molecule has 0 aliphatic carbocycles. The summed E-state index contributed by atoms with van der Waals surface area (Å²) in [6.45, 7) is 2.61. The largest absolute Gasteiger partial charge is 0.462 e. The molecule has 4 rings (SSSR count). The first-order chi connectivity index (χ1) is 15.0. The second-order valence-electron chi connectivity index (χ2n) is 6.76. The summed E-state index contributed by atoms with van der Waals surface area (Å²) < 4.78 is 20.6. The number of fused-ring (bicyclic) bond motifs is 1. The fourth-order valence-electron chi connectivity index (χ4n) is 3.14. The Morgan fingerprint density at radius 1 is 1.19 bits per heavy atom. The van der Waals surface area contributed by atoms with E-state index in [1.807, 2.05) is 24.3 Å². The molecule has 0 bridgehead atoms. The molecule has 2 heterocycles. The second-order valence-corrected chi connectivity index (χ2v) is 8.11. The molecule has 2 aromatic carbocycles. The maximum atomic E-state index is 13.5. The number of carbonyl (C=O) groups excluding carboxylic acids is 1. The zero-order chi connectivity index (χ0) is 21.8. The molecule has 0 amide bonds. The minimum absolute atomic E-state index is 0.0965. The Balaban J connectivity index is 1.69. The van der Waals surface area contributed by atoms with Crippen LogP contribution in [0.3, 0.4) is 0 Å². The number of imidazole rings is 1. The molecule has 0 aliphatic rings. The molecule has 0 radical (unpaired) electrons. The molecule has 0 atom stereocenters. The van der Waals surface area contributed by atoms with Crippen LogP contribution in [0.1, 0.15) is 28.5 Å². The number of nitrogens with zero attached hydrogens (tertiary/aromatic N) is 3. The van der Waals surface area contributed by atoms with Crippen molar-refractivity contribution in [2.24, 2.45) is 0 Å². The lowest BCUT2D eigenvalue weighted by molar-refractivity contribution is 0.0526. The van der Waals surface area contributed by atoms with Gasteiger partial charge in [-0.15, -0.1) is 0 Å². The lowest BCUT2D eigenvalue weighted by Gasteiger charge is -2.09. The summed E-state index contributed by atoms with van der Waals surface area (Å²) in [5.41, 5.74) is 3.82. The van der Waals surface area contributed by atoms with Crippen LogP contribution < -0.4 is 0 Å². The number of rotatable bonds is 7. The van der Waals surface area contributed by atoms with Crippen molar-refractivity contribution in [1.29, 1.82) is 0 Å². The van der Waals surface area contributed by atoms with Gasteiger partial charge in [-0.2, -0.15) is 0 Å². The Labute approximate surface area is 188 Å². The van der Waals surface area contributed by atoms with Crippen LogP contribution >= 0.6 is 23.4 Å². The number of thioether (sulfide) groups is 1. The standard InChI is InChI=1S/C23H19ClFN3O2S/c1-2-30-22(29)16-7-9-21-20(12-16)27-23(28(21)13-17-5-3-4-10-26-17)31-14-15-6-8-19(25)18(24)11-15/h3-12H,2,13-14H2,1H3. The first-order valence-electron chi connectivity index (χ1n) is 9.69. The smallest absolute Gasteiger partial charge is 0.338 e. The van der Waals surface area contributed by atoms with Gasteiger partial charge in [-0.1, -0.05) is 35.5 Å². The highest BCUT2D eigenvalue weighted by atomic mass is 35.5. The third kappa shape index (κ3) is 4.89. The van der Waals surface area contributed by atoms with E-state index in [2.05, 4.69) is 9.55 Å². The number of benzene rings is 2. The number of halogens is 2. The van der Waals surface area contributed by atoms with Gasteiger partial charge < -0.3 is 9.30 Å². The normalized spacial score (nSPS) is 11.1. The average molecular weight is 456 g/mol. The molecule has 0 spiro atoms. The average Bonchev–Trinajstić information content (AvgIpc) is 3.12. The molecule has 31 heavy (non-hydrogen) atoms. The van der Waals surface area contributed by atoms with Gasteiger partial charge in [0.2, 0.25) is 0 Å². The molecule has 2 aromatic heterocycles. The highest BCUT2D eigenvalue weighted by Crippen LogP contribution is 2.29. The van der Waals surface area contributed by atoms with Crippen LogP contribution in [0.25, 0.3) is 11.0 Å². The summed E-state index contributed by atoms with van der Waals surface area (Å²) in [6.07, 6.45) is 1.75. The van der Waals surface area contributed by atoms with E-state index in [0.29, 0.717) is 30.0 Å². The molecule has 0 aliphatic heterocycles. The van der Waals surface area contributed by atoms with E-state index < -0.39 is 5.82 Å². The Morgan fingerprint density at radius 3 is 2.81 bits per heavy atom. The number of ether oxygens (including phenoxy) is 1. The molecule has 0 unspecified atom stereocenters. The van der Waals surface area contributed by atoms with Crippen LogP contribution in [0.15, 0.2) is 66.0 Å². The lowest BCUT2D eigenvalue weighted by Crippen LogP contribution is -2.05.